The van der Waals surface area contributed by atoms with E-state index in [0.717, 1.165) is 6.54 Å². The topological polar surface area (TPSA) is 64.2 Å². The molecule has 1 fully saturated rings. The molecule has 1 aromatic heterocycles. The summed E-state index contributed by atoms with van der Waals surface area (Å²) in [7, 11) is 1.85. The molecule has 0 spiro atoms. The summed E-state index contributed by atoms with van der Waals surface area (Å²) in [6.45, 7) is 3.45. The summed E-state index contributed by atoms with van der Waals surface area (Å²) in [4.78, 5) is 14.2. The van der Waals surface area contributed by atoms with Crippen LogP contribution in [0.15, 0.2) is 6.20 Å². The van der Waals surface area contributed by atoms with Gasteiger partial charge in [-0.3, -0.25) is 9.48 Å². The van der Waals surface area contributed by atoms with E-state index in [-0.39, 0.29) is 5.91 Å². The van der Waals surface area contributed by atoms with E-state index < -0.39 is 0 Å². The fourth-order valence-corrected chi connectivity index (χ4v) is 2.72. The van der Waals surface area contributed by atoms with Gasteiger partial charge in [0.1, 0.15) is 5.69 Å². The number of hydrogen-bond acceptors (Lipinski definition) is 3. The maximum absolute atomic E-state index is 12.4. The lowest BCUT2D eigenvalue weighted by Crippen LogP contribution is -2.33. The number of rotatable bonds is 4. The van der Waals surface area contributed by atoms with Crippen LogP contribution >= 0.6 is 0 Å². The number of carbonyl (C=O) groups is 1. The second-order valence-corrected chi connectivity index (χ2v) is 5.10. The largest absolute Gasteiger partial charge is 0.396 e. The van der Waals surface area contributed by atoms with Gasteiger partial charge in [-0.1, -0.05) is 12.8 Å². The van der Waals surface area contributed by atoms with Gasteiger partial charge in [0, 0.05) is 20.1 Å². The molecule has 1 amide bonds. The molecule has 5 nitrogen and oxygen atoms in total. The number of hydrogen-bond donors (Lipinski definition) is 1. The molecule has 0 aromatic carbocycles. The lowest BCUT2D eigenvalue weighted by Gasteiger charge is -2.21. The third-order valence-electron chi connectivity index (χ3n) is 3.72. The van der Waals surface area contributed by atoms with Crippen LogP contribution in [0, 0.1) is 5.92 Å². The first kappa shape index (κ1) is 12.9. The molecule has 100 valence electrons. The van der Waals surface area contributed by atoms with Crippen LogP contribution < -0.4 is 5.73 Å². The average molecular weight is 250 g/mol. The number of amides is 1. The second kappa shape index (κ2) is 5.42. The van der Waals surface area contributed by atoms with Crippen molar-refractivity contribution in [2.45, 2.75) is 39.2 Å². The van der Waals surface area contributed by atoms with Crippen molar-refractivity contribution in [2.75, 3.05) is 19.3 Å². The molecule has 18 heavy (non-hydrogen) atoms. The first-order valence-corrected chi connectivity index (χ1v) is 6.70. The Bertz CT molecular complexity index is 421. The van der Waals surface area contributed by atoms with Crippen LogP contribution in [-0.2, 0) is 6.54 Å². The highest BCUT2D eigenvalue weighted by molar-refractivity contribution is 5.97. The monoisotopic (exact) mass is 250 g/mol. The fraction of sp³-hybridized carbons (Fsp3) is 0.692. The molecular weight excluding hydrogens is 228 g/mol. The van der Waals surface area contributed by atoms with Crippen molar-refractivity contribution in [3.05, 3.63) is 11.9 Å². The van der Waals surface area contributed by atoms with Crippen molar-refractivity contribution in [3.63, 3.8) is 0 Å². The van der Waals surface area contributed by atoms with Gasteiger partial charge < -0.3 is 10.6 Å². The van der Waals surface area contributed by atoms with Crippen molar-refractivity contribution in [1.29, 1.82) is 0 Å². The van der Waals surface area contributed by atoms with Crippen LogP contribution in [0.3, 0.4) is 0 Å². The van der Waals surface area contributed by atoms with Crippen LogP contribution in [-0.4, -0.2) is 34.2 Å². The quantitative estimate of drug-likeness (QED) is 0.885. The fourth-order valence-electron chi connectivity index (χ4n) is 2.72. The third-order valence-corrected chi connectivity index (χ3v) is 3.72. The molecule has 0 aliphatic heterocycles. The van der Waals surface area contributed by atoms with Gasteiger partial charge in [0.15, 0.2) is 0 Å². The normalized spacial score (nSPS) is 16.1. The van der Waals surface area contributed by atoms with E-state index in [1.165, 1.54) is 25.7 Å². The predicted molar refractivity (Wildman–Crippen MR) is 71.2 cm³/mol. The molecular formula is C13H22N4O. The maximum Gasteiger partial charge on any atom is 0.274 e. The maximum atomic E-state index is 12.4. The zero-order valence-electron chi connectivity index (χ0n) is 11.2. The molecule has 0 atom stereocenters. The summed E-state index contributed by atoms with van der Waals surface area (Å²) in [6.07, 6.45) is 6.61. The molecule has 1 heterocycles. The summed E-state index contributed by atoms with van der Waals surface area (Å²) in [6, 6.07) is 0. The molecule has 5 heteroatoms. The number of nitrogens with zero attached hydrogens (tertiary/aromatic N) is 3. The Morgan fingerprint density at radius 3 is 2.83 bits per heavy atom. The molecule has 0 unspecified atom stereocenters. The van der Waals surface area contributed by atoms with Gasteiger partial charge >= 0.3 is 0 Å². The Morgan fingerprint density at radius 2 is 2.22 bits per heavy atom. The summed E-state index contributed by atoms with van der Waals surface area (Å²) in [5.74, 6) is 0.636. The van der Waals surface area contributed by atoms with Crippen LogP contribution in [0.4, 0.5) is 5.69 Å². The highest BCUT2D eigenvalue weighted by atomic mass is 16.2. The molecule has 1 aromatic rings. The summed E-state index contributed by atoms with van der Waals surface area (Å²) >= 11 is 0. The van der Waals surface area contributed by atoms with E-state index in [4.69, 9.17) is 5.73 Å². The number of carbonyl (C=O) groups excluding carboxylic acids is 1. The highest BCUT2D eigenvalue weighted by Gasteiger charge is 2.23. The average Bonchev–Trinajstić information content (AvgIpc) is 2.97. The van der Waals surface area contributed by atoms with E-state index in [9.17, 15) is 4.79 Å². The zero-order valence-corrected chi connectivity index (χ0v) is 11.2. The van der Waals surface area contributed by atoms with Crippen LogP contribution in [0.5, 0.6) is 0 Å². The van der Waals surface area contributed by atoms with E-state index >= 15 is 0 Å². The Kier molecular flexibility index (Phi) is 3.89. The molecule has 2 N–H and O–H groups in total. The standard InChI is InChI=1S/C13H22N4O/c1-3-17-12(11(14)8-15-17)13(18)16(2)9-10-6-4-5-7-10/h8,10H,3-7,9,14H2,1-2H3. The first-order chi connectivity index (χ1) is 8.63. The van der Waals surface area contributed by atoms with E-state index in [1.54, 1.807) is 15.8 Å². The van der Waals surface area contributed by atoms with Crippen molar-refractivity contribution >= 4 is 11.6 Å². The van der Waals surface area contributed by atoms with E-state index in [0.29, 0.717) is 23.8 Å². The molecule has 0 saturated heterocycles. The number of nitrogens with two attached hydrogens (primary N) is 1. The molecule has 2 rings (SSSR count). The summed E-state index contributed by atoms with van der Waals surface area (Å²) in [5.41, 5.74) is 6.83. The summed E-state index contributed by atoms with van der Waals surface area (Å²) < 4.78 is 1.67. The predicted octanol–water partition coefficient (Wildman–Crippen LogP) is 1.75. The van der Waals surface area contributed by atoms with Crippen molar-refractivity contribution < 1.29 is 4.79 Å². The number of anilines is 1. The third kappa shape index (κ3) is 2.49. The van der Waals surface area contributed by atoms with E-state index in [2.05, 4.69) is 5.10 Å². The van der Waals surface area contributed by atoms with Gasteiger partial charge in [0.2, 0.25) is 0 Å². The number of nitrogen functional groups attached to an aromatic ring is 1. The lowest BCUT2D eigenvalue weighted by molar-refractivity contribution is 0.0762. The van der Waals surface area contributed by atoms with Gasteiger partial charge in [0.25, 0.3) is 5.91 Å². The van der Waals surface area contributed by atoms with E-state index in [1.807, 2.05) is 14.0 Å². The van der Waals surface area contributed by atoms with Gasteiger partial charge in [-0.05, 0) is 25.7 Å². The first-order valence-electron chi connectivity index (χ1n) is 6.70. The van der Waals surface area contributed by atoms with Crippen LogP contribution in [0.2, 0.25) is 0 Å². The minimum Gasteiger partial charge on any atom is -0.396 e. The lowest BCUT2D eigenvalue weighted by atomic mass is 10.1. The van der Waals surface area contributed by atoms with Gasteiger partial charge in [-0.15, -0.1) is 0 Å². The summed E-state index contributed by atoms with van der Waals surface area (Å²) in [5, 5.41) is 4.11. The minimum atomic E-state index is -0.0150. The van der Waals surface area contributed by atoms with Crippen LogP contribution in [0.25, 0.3) is 0 Å². The Hall–Kier alpha value is -1.52. The number of aromatic nitrogens is 2. The Labute approximate surface area is 108 Å². The van der Waals surface area contributed by atoms with Crippen LogP contribution in [0.1, 0.15) is 43.1 Å². The molecule has 1 aliphatic carbocycles. The molecule has 0 bridgehead atoms. The molecule has 1 aliphatic rings. The van der Waals surface area contributed by atoms with Gasteiger partial charge in [-0.2, -0.15) is 5.10 Å². The van der Waals surface area contributed by atoms with Gasteiger partial charge in [0.05, 0.1) is 11.9 Å². The molecule has 1 saturated carbocycles. The second-order valence-electron chi connectivity index (χ2n) is 5.10. The zero-order chi connectivity index (χ0) is 13.1. The SMILES string of the molecule is CCn1ncc(N)c1C(=O)N(C)CC1CCCC1. The number of aryl methyl sites for hydroxylation is 1. The van der Waals surface area contributed by atoms with Crippen molar-refractivity contribution in [3.8, 4) is 0 Å². The van der Waals surface area contributed by atoms with Crippen molar-refractivity contribution in [1.82, 2.24) is 14.7 Å². The molecule has 0 radical (unpaired) electrons. The smallest absolute Gasteiger partial charge is 0.274 e. The highest BCUT2D eigenvalue weighted by Crippen LogP contribution is 2.25. The van der Waals surface area contributed by atoms with Gasteiger partial charge in [-0.25, -0.2) is 0 Å². The van der Waals surface area contributed by atoms with Crippen molar-refractivity contribution in [2.24, 2.45) is 5.92 Å². The minimum absolute atomic E-state index is 0.0150. The Balaban J connectivity index is 2.07. The Morgan fingerprint density at radius 1 is 1.56 bits per heavy atom.